The molecule has 0 spiro atoms. The minimum absolute atomic E-state index is 0.0345. The Morgan fingerprint density at radius 2 is 1.89 bits per heavy atom. The van der Waals surface area contributed by atoms with Gasteiger partial charge in [0.25, 0.3) is 0 Å². The number of methoxy groups -OCH3 is 1. The van der Waals surface area contributed by atoms with Crippen LogP contribution in [0.1, 0.15) is 17.3 Å². The quantitative estimate of drug-likeness (QED) is 0.409. The number of anilines is 1. The summed E-state index contributed by atoms with van der Waals surface area (Å²) in [5.41, 5.74) is 1.71. The Kier molecular flexibility index (Phi) is 7.30. The molecule has 2 N–H and O–H groups in total. The summed E-state index contributed by atoms with van der Waals surface area (Å²) in [6.07, 6.45) is 0. The fraction of sp³-hybridized carbons (Fsp3) is 0.267. The predicted molar refractivity (Wildman–Crippen MR) is 101 cm³/mol. The molecule has 1 aromatic carbocycles. The first-order valence-corrected chi connectivity index (χ1v) is 12.5. The molecule has 150 valence electrons. The number of esters is 1. The van der Waals surface area contributed by atoms with Crippen LogP contribution in [-0.4, -0.2) is 64.8 Å². The van der Waals surface area contributed by atoms with Gasteiger partial charge in [0.05, 0.1) is 0 Å². The number of rotatable bonds is 7. The molecular weight excluding hydrogens is 453 g/mol. The predicted octanol–water partition coefficient (Wildman–Crippen LogP) is -0.323. The van der Waals surface area contributed by atoms with E-state index in [-0.39, 0.29) is 17.5 Å². The molecule has 0 aliphatic heterocycles. The van der Waals surface area contributed by atoms with Crippen LogP contribution in [0.5, 0.6) is 6.01 Å². The van der Waals surface area contributed by atoms with E-state index in [0.29, 0.717) is 11.2 Å². The van der Waals surface area contributed by atoms with Gasteiger partial charge in [-0.3, -0.25) is 0 Å². The molecule has 1 heterocycles. The third-order valence-corrected chi connectivity index (χ3v) is 5.94. The average molecular weight is 471 g/mol. The molecule has 0 saturated heterocycles. The van der Waals surface area contributed by atoms with E-state index >= 15 is 0 Å². The molecule has 1 atom stereocenters. The van der Waals surface area contributed by atoms with Crippen LogP contribution in [-0.2, 0) is 14.8 Å². The Labute approximate surface area is 168 Å². The summed E-state index contributed by atoms with van der Waals surface area (Å²) in [5.74, 6) is -0.995. The maximum absolute atomic E-state index is 12.5. The van der Waals surface area contributed by atoms with Crippen LogP contribution < -0.4 is 19.4 Å². The van der Waals surface area contributed by atoms with Crippen molar-refractivity contribution in [2.24, 2.45) is 0 Å². The molecule has 1 aromatic heterocycles. The van der Waals surface area contributed by atoms with Crippen LogP contribution in [0.2, 0.25) is 5.71 Å². The second-order valence-electron chi connectivity index (χ2n) is 5.00. The molecule has 2 aromatic rings. The van der Waals surface area contributed by atoms with E-state index in [0.717, 1.165) is 7.11 Å². The number of benzene rings is 1. The van der Waals surface area contributed by atoms with Crippen molar-refractivity contribution in [3.8, 4) is 6.01 Å². The number of carbonyl (C=O) groups is 2. The summed E-state index contributed by atoms with van der Waals surface area (Å²) in [4.78, 5) is 35.6. The van der Waals surface area contributed by atoms with Gasteiger partial charge in [0.1, 0.15) is 0 Å². The van der Waals surface area contributed by atoms with Crippen LogP contribution in [0, 0.1) is 0 Å². The molecule has 11 nitrogen and oxygen atoms in total. The van der Waals surface area contributed by atoms with Crippen LogP contribution in [0.15, 0.2) is 29.2 Å². The summed E-state index contributed by atoms with van der Waals surface area (Å²) in [5, 5.41) is 2.24. The third-order valence-electron chi connectivity index (χ3n) is 3.15. The molecule has 2 amide bonds. The van der Waals surface area contributed by atoms with Crippen LogP contribution >= 0.6 is 0 Å². The fourth-order valence-electron chi connectivity index (χ4n) is 2.00. The van der Waals surface area contributed by atoms with E-state index in [9.17, 15) is 18.0 Å². The SMILES string of the molecule is CCOc1nc(NC(=O)NS(=O)(=O)c2ccccc2C(=O)OC)nc([AsH]C)n1. The molecule has 13 heteroatoms. The molecule has 0 radical (unpaired) electrons. The molecular formula is C15H18AsN5O6S. The Morgan fingerprint density at radius 1 is 1.18 bits per heavy atom. The first-order valence-electron chi connectivity index (χ1n) is 7.88. The molecule has 0 bridgehead atoms. The van der Waals surface area contributed by atoms with Gasteiger partial charge in [0.15, 0.2) is 0 Å². The summed E-state index contributed by atoms with van der Waals surface area (Å²) < 4.78 is 37.1. The number of carbonyl (C=O) groups excluding carboxylic acids is 2. The normalized spacial score (nSPS) is 11.2. The van der Waals surface area contributed by atoms with E-state index < -0.39 is 42.7 Å². The van der Waals surface area contributed by atoms with Gasteiger partial charge in [-0.25, -0.2) is 0 Å². The third kappa shape index (κ3) is 5.39. The van der Waals surface area contributed by atoms with Gasteiger partial charge in [0.2, 0.25) is 0 Å². The van der Waals surface area contributed by atoms with E-state index in [4.69, 9.17) is 4.74 Å². The number of aromatic nitrogens is 3. The average Bonchev–Trinajstić information content (AvgIpc) is 2.66. The Hall–Kier alpha value is -2.72. The zero-order valence-corrected chi connectivity index (χ0v) is 18.1. The minimum atomic E-state index is -4.36. The number of hydrogen-bond donors (Lipinski definition) is 2. The van der Waals surface area contributed by atoms with E-state index in [2.05, 4.69) is 25.0 Å². The summed E-state index contributed by atoms with van der Waals surface area (Å²) >= 11 is -0.656. The van der Waals surface area contributed by atoms with Gasteiger partial charge in [-0.15, -0.1) is 0 Å². The standard InChI is InChI=1S/C15H18AsN5O6S/c1-4-27-15-18-12(16-2)17-13(20-15)19-14(23)21-28(24,25)10-8-6-5-7-9(10)11(22)26-3/h5-8,16H,4H2,1-3H3,(H2,17,18,19,20,21,23). The Morgan fingerprint density at radius 3 is 2.54 bits per heavy atom. The molecule has 0 fully saturated rings. The van der Waals surface area contributed by atoms with Gasteiger partial charge in [-0.2, -0.15) is 0 Å². The van der Waals surface area contributed by atoms with Crippen molar-refractivity contribution in [2.45, 2.75) is 17.5 Å². The second-order valence-corrected chi connectivity index (χ2v) is 8.63. The second kappa shape index (κ2) is 9.47. The van der Waals surface area contributed by atoms with Crippen molar-refractivity contribution in [2.75, 3.05) is 19.0 Å². The van der Waals surface area contributed by atoms with Gasteiger partial charge in [-0.1, -0.05) is 0 Å². The van der Waals surface area contributed by atoms with E-state index in [1.807, 2.05) is 10.4 Å². The monoisotopic (exact) mass is 471 g/mol. The number of hydrogen-bond acceptors (Lipinski definition) is 9. The molecule has 1 unspecified atom stereocenters. The molecule has 0 aliphatic rings. The van der Waals surface area contributed by atoms with Crippen molar-refractivity contribution in [1.82, 2.24) is 19.7 Å². The van der Waals surface area contributed by atoms with Crippen molar-refractivity contribution in [3.63, 3.8) is 0 Å². The fourth-order valence-corrected chi connectivity index (χ4v) is 4.00. The zero-order valence-electron chi connectivity index (χ0n) is 15.2. The van der Waals surface area contributed by atoms with Gasteiger partial charge in [0, 0.05) is 0 Å². The number of nitrogens with zero attached hydrogens (tertiary/aromatic N) is 3. The topological polar surface area (TPSA) is 149 Å². The van der Waals surface area contributed by atoms with Gasteiger partial charge < -0.3 is 0 Å². The van der Waals surface area contributed by atoms with Crippen LogP contribution in [0.4, 0.5) is 10.7 Å². The number of sulfonamides is 1. The summed E-state index contributed by atoms with van der Waals surface area (Å²) in [6, 6.07) is 4.27. The van der Waals surface area contributed by atoms with E-state index in [1.165, 1.54) is 24.3 Å². The first kappa shape index (κ1) is 21.6. The zero-order chi connectivity index (χ0) is 20.7. The summed E-state index contributed by atoms with van der Waals surface area (Å²) in [6.45, 7) is 2.06. The summed E-state index contributed by atoms with van der Waals surface area (Å²) in [7, 11) is -3.24. The van der Waals surface area contributed by atoms with Crippen molar-refractivity contribution >= 4 is 48.3 Å². The van der Waals surface area contributed by atoms with Crippen molar-refractivity contribution in [3.05, 3.63) is 29.8 Å². The number of ether oxygens (including phenoxy) is 2. The van der Waals surface area contributed by atoms with Crippen molar-refractivity contribution < 1.29 is 27.5 Å². The first-order chi connectivity index (χ1) is 13.3. The molecule has 0 aliphatic carbocycles. The van der Waals surface area contributed by atoms with Gasteiger partial charge >= 0.3 is 168 Å². The number of amides is 2. The Balaban J connectivity index is 2.24. The number of urea groups is 1. The molecule has 2 rings (SSSR count). The van der Waals surface area contributed by atoms with Crippen molar-refractivity contribution in [1.29, 1.82) is 0 Å². The van der Waals surface area contributed by atoms with E-state index in [1.54, 1.807) is 6.92 Å². The number of nitrogens with one attached hydrogen (secondary N) is 2. The van der Waals surface area contributed by atoms with Gasteiger partial charge in [-0.05, 0) is 0 Å². The van der Waals surface area contributed by atoms with Crippen LogP contribution in [0.3, 0.4) is 0 Å². The Bertz CT molecular complexity index is 985. The molecule has 28 heavy (non-hydrogen) atoms. The molecule has 0 saturated carbocycles. The maximum atomic E-state index is 12.5. The van der Waals surface area contributed by atoms with Crippen LogP contribution in [0.25, 0.3) is 0 Å².